The Morgan fingerprint density at radius 1 is 1.47 bits per heavy atom. The third kappa shape index (κ3) is 5.33. The van der Waals surface area contributed by atoms with Crippen molar-refractivity contribution in [3.63, 3.8) is 0 Å². The molecule has 1 aromatic carbocycles. The number of rotatable bonds is 6. The minimum absolute atomic E-state index is 0.0730. The third-order valence-corrected chi connectivity index (χ3v) is 2.12. The zero-order valence-electron chi connectivity index (χ0n) is 9.90. The van der Waals surface area contributed by atoms with Gasteiger partial charge in [0.1, 0.15) is 0 Å². The lowest BCUT2D eigenvalue weighted by Crippen LogP contribution is -2.29. The van der Waals surface area contributed by atoms with E-state index < -0.39 is 0 Å². The van der Waals surface area contributed by atoms with E-state index in [9.17, 15) is 4.79 Å². The van der Waals surface area contributed by atoms with Crippen LogP contribution in [0.25, 0.3) is 0 Å². The number of benzene rings is 1. The molecule has 0 aliphatic heterocycles. The van der Waals surface area contributed by atoms with E-state index in [0.717, 1.165) is 11.3 Å². The van der Waals surface area contributed by atoms with E-state index in [-0.39, 0.29) is 12.6 Å². The average molecular weight is 238 g/mol. The van der Waals surface area contributed by atoms with Gasteiger partial charge in [-0.15, -0.1) is 0 Å². The van der Waals surface area contributed by atoms with Crippen molar-refractivity contribution < 1.29 is 14.6 Å². The van der Waals surface area contributed by atoms with E-state index in [1.54, 1.807) is 7.11 Å². The predicted octanol–water partition coefficient (Wildman–Crippen LogP) is 1.34. The van der Waals surface area contributed by atoms with Crippen molar-refractivity contribution in [3.8, 4) is 0 Å². The fourth-order valence-electron chi connectivity index (χ4n) is 1.36. The molecule has 0 aliphatic rings. The number of carbonyl (C=O) groups excluding carboxylic acids is 1. The lowest BCUT2D eigenvalue weighted by Gasteiger charge is -2.08. The summed E-state index contributed by atoms with van der Waals surface area (Å²) in [5.74, 6) is 0. The van der Waals surface area contributed by atoms with Crippen LogP contribution < -0.4 is 10.6 Å². The first-order valence-electron chi connectivity index (χ1n) is 5.50. The number of hydrogen-bond donors (Lipinski definition) is 3. The second kappa shape index (κ2) is 7.65. The molecule has 0 radical (unpaired) electrons. The first-order valence-corrected chi connectivity index (χ1v) is 5.50. The van der Waals surface area contributed by atoms with Gasteiger partial charge in [0.15, 0.2) is 0 Å². The number of urea groups is 1. The van der Waals surface area contributed by atoms with E-state index in [4.69, 9.17) is 9.84 Å². The molecule has 94 valence electrons. The highest BCUT2D eigenvalue weighted by atomic mass is 16.5. The molecule has 0 atom stereocenters. The van der Waals surface area contributed by atoms with E-state index in [1.165, 1.54) is 0 Å². The largest absolute Gasteiger partial charge is 0.396 e. The Labute approximate surface area is 101 Å². The van der Waals surface area contributed by atoms with Crippen LogP contribution in [0.15, 0.2) is 24.3 Å². The summed E-state index contributed by atoms with van der Waals surface area (Å²) in [5.41, 5.74) is 1.72. The molecule has 5 heteroatoms. The second-order valence-electron chi connectivity index (χ2n) is 3.59. The van der Waals surface area contributed by atoms with Crippen molar-refractivity contribution in [1.82, 2.24) is 5.32 Å². The Bertz CT molecular complexity index is 355. The smallest absolute Gasteiger partial charge is 0.319 e. The molecule has 0 saturated heterocycles. The number of carbonyl (C=O) groups is 1. The topological polar surface area (TPSA) is 70.6 Å². The number of ether oxygens (including phenoxy) is 1. The van der Waals surface area contributed by atoms with Gasteiger partial charge in [0.05, 0.1) is 6.61 Å². The Morgan fingerprint density at radius 2 is 2.29 bits per heavy atom. The van der Waals surface area contributed by atoms with Gasteiger partial charge in [-0.3, -0.25) is 0 Å². The standard InChI is InChI=1S/C12H18N2O3/c1-17-9-10-4-2-5-11(8-10)14-12(16)13-6-3-7-15/h2,4-5,8,15H,3,6-7,9H2,1H3,(H2,13,14,16). The van der Waals surface area contributed by atoms with E-state index in [0.29, 0.717) is 19.6 Å². The summed E-state index contributed by atoms with van der Waals surface area (Å²) < 4.78 is 5.01. The first kappa shape index (κ1) is 13.5. The molecule has 17 heavy (non-hydrogen) atoms. The van der Waals surface area contributed by atoms with Crippen LogP contribution in [-0.2, 0) is 11.3 Å². The summed E-state index contributed by atoms with van der Waals surface area (Å²) in [6.45, 7) is 1.05. The Hall–Kier alpha value is -1.59. The molecular formula is C12H18N2O3. The van der Waals surface area contributed by atoms with Gasteiger partial charge in [-0.25, -0.2) is 4.79 Å². The summed E-state index contributed by atoms with van der Waals surface area (Å²) in [7, 11) is 1.63. The maximum absolute atomic E-state index is 11.4. The van der Waals surface area contributed by atoms with Gasteiger partial charge in [0, 0.05) is 25.9 Å². The Balaban J connectivity index is 2.44. The number of methoxy groups -OCH3 is 1. The summed E-state index contributed by atoms with van der Waals surface area (Å²) >= 11 is 0. The lowest BCUT2D eigenvalue weighted by molar-refractivity contribution is 0.185. The molecular weight excluding hydrogens is 220 g/mol. The van der Waals surface area contributed by atoms with E-state index >= 15 is 0 Å². The fourth-order valence-corrected chi connectivity index (χ4v) is 1.36. The number of aliphatic hydroxyl groups is 1. The minimum Gasteiger partial charge on any atom is -0.396 e. The maximum atomic E-state index is 11.4. The van der Waals surface area contributed by atoms with Crippen molar-refractivity contribution in [2.24, 2.45) is 0 Å². The van der Waals surface area contributed by atoms with Crippen LogP contribution >= 0.6 is 0 Å². The van der Waals surface area contributed by atoms with Crippen molar-refractivity contribution in [3.05, 3.63) is 29.8 Å². The zero-order chi connectivity index (χ0) is 12.5. The van der Waals surface area contributed by atoms with Crippen LogP contribution in [0, 0.1) is 0 Å². The highest BCUT2D eigenvalue weighted by Gasteiger charge is 2.01. The number of nitrogens with one attached hydrogen (secondary N) is 2. The Morgan fingerprint density at radius 3 is 3.00 bits per heavy atom. The molecule has 0 saturated carbocycles. The maximum Gasteiger partial charge on any atom is 0.319 e. The number of aliphatic hydroxyl groups excluding tert-OH is 1. The average Bonchev–Trinajstić information content (AvgIpc) is 2.30. The van der Waals surface area contributed by atoms with Crippen LogP contribution in [0.3, 0.4) is 0 Å². The van der Waals surface area contributed by atoms with Crippen LogP contribution in [0.5, 0.6) is 0 Å². The van der Waals surface area contributed by atoms with Crippen molar-refractivity contribution in [2.45, 2.75) is 13.0 Å². The molecule has 3 N–H and O–H groups in total. The molecule has 0 aromatic heterocycles. The molecule has 0 unspecified atom stereocenters. The molecule has 0 fully saturated rings. The summed E-state index contributed by atoms with van der Waals surface area (Å²) in [6.07, 6.45) is 0.553. The summed E-state index contributed by atoms with van der Waals surface area (Å²) in [5, 5.41) is 13.9. The van der Waals surface area contributed by atoms with Crippen LogP contribution in [0.4, 0.5) is 10.5 Å². The highest BCUT2D eigenvalue weighted by molar-refractivity contribution is 5.89. The van der Waals surface area contributed by atoms with Crippen LogP contribution in [0.2, 0.25) is 0 Å². The zero-order valence-corrected chi connectivity index (χ0v) is 9.90. The van der Waals surface area contributed by atoms with Crippen molar-refractivity contribution in [2.75, 3.05) is 25.6 Å². The molecule has 0 bridgehead atoms. The molecule has 1 rings (SSSR count). The number of amides is 2. The molecule has 2 amide bonds. The normalized spacial score (nSPS) is 10.0. The minimum atomic E-state index is -0.270. The van der Waals surface area contributed by atoms with Crippen LogP contribution in [-0.4, -0.2) is 31.4 Å². The number of hydrogen-bond acceptors (Lipinski definition) is 3. The van der Waals surface area contributed by atoms with Crippen LogP contribution in [0.1, 0.15) is 12.0 Å². The molecule has 1 aromatic rings. The molecule has 0 spiro atoms. The monoisotopic (exact) mass is 238 g/mol. The first-order chi connectivity index (χ1) is 8.26. The highest BCUT2D eigenvalue weighted by Crippen LogP contribution is 2.11. The van der Waals surface area contributed by atoms with Gasteiger partial charge >= 0.3 is 6.03 Å². The van der Waals surface area contributed by atoms with Gasteiger partial charge in [-0.05, 0) is 24.1 Å². The SMILES string of the molecule is COCc1cccc(NC(=O)NCCCO)c1. The molecule has 5 nitrogen and oxygen atoms in total. The molecule has 0 aliphatic carbocycles. The van der Waals surface area contributed by atoms with Crippen molar-refractivity contribution >= 4 is 11.7 Å². The summed E-state index contributed by atoms with van der Waals surface area (Å²) in [4.78, 5) is 11.4. The van der Waals surface area contributed by atoms with Gasteiger partial charge < -0.3 is 20.5 Å². The molecule has 0 heterocycles. The summed E-state index contributed by atoms with van der Waals surface area (Å²) in [6, 6.07) is 7.18. The fraction of sp³-hybridized carbons (Fsp3) is 0.417. The predicted molar refractivity (Wildman–Crippen MR) is 65.9 cm³/mol. The quantitative estimate of drug-likeness (QED) is 0.655. The third-order valence-electron chi connectivity index (χ3n) is 2.12. The van der Waals surface area contributed by atoms with E-state index in [2.05, 4.69) is 10.6 Å². The lowest BCUT2D eigenvalue weighted by atomic mass is 10.2. The second-order valence-corrected chi connectivity index (χ2v) is 3.59. The Kier molecular flexibility index (Phi) is 6.06. The number of anilines is 1. The van der Waals surface area contributed by atoms with Gasteiger partial charge in [0.25, 0.3) is 0 Å². The van der Waals surface area contributed by atoms with Gasteiger partial charge in [-0.1, -0.05) is 12.1 Å². The van der Waals surface area contributed by atoms with Crippen molar-refractivity contribution in [1.29, 1.82) is 0 Å². The van der Waals surface area contributed by atoms with Gasteiger partial charge in [0.2, 0.25) is 0 Å². The van der Waals surface area contributed by atoms with E-state index in [1.807, 2.05) is 24.3 Å². The van der Waals surface area contributed by atoms with Gasteiger partial charge in [-0.2, -0.15) is 0 Å².